The first-order valence-electron chi connectivity index (χ1n) is 11.0. The zero-order chi connectivity index (χ0) is 25.7. The maximum atomic E-state index is 12.8. The molecule has 8 nitrogen and oxygen atoms in total. The molecule has 2 amide bonds. The molecule has 1 aromatic heterocycles. The van der Waals surface area contributed by atoms with Crippen molar-refractivity contribution in [3.8, 4) is 22.5 Å². The number of aromatic nitrogens is 2. The number of benzene rings is 3. The second kappa shape index (κ2) is 10.8. The number of hydrogen-bond acceptors (Lipinski definition) is 6. The number of aromatic amines is 1. The van der Waals surface area contributed by atoms with Crippen LogP contribution < -0.4 is 10.0 Å². The highest BCUT2D eigenvalue weighted by molar-refractivity contribution is 8.00. The highest BCUT2D eigenvalue weighted by Crippen LogP contribution is 2.34. The van der Waals surface area contributed by atoms with Crippen molar-refractivity contribution >= 4 is 39.3 Å². The second-order valence-corrected chi connectivity index (χ2v) is 10.9. The van der Waals surface area contributed by atoms with Gasteiger partial charge in [-0.25, -0.2) is 18.1 Å². The van der Waals surface area contributed by atoms with Crippen LogP contribution in [0.3, 0.4) is 0 Å². The summed E-state index contributed by atoms with van der Waals surface area (Å²) in [4.78, 5) is 32.0. The monoisotopic (exact) mass is 520 g/mol. The van der Waals surface area contributed by atoms with Gasteiger partial charge in [0.2, 0.25) is 11.8 Å². The molecule has 0 spiro atoms. The van der Waals surface area contributed by atoms with Crippen LogP contribution in [0.1, 0.15) is 13.8 Å². The first-order valence-corrected chi connectivity index (χ1v) is 13.4. The molecule has 0 aliphatic rings. The average Bonchev–Trinajstić information content (AvgIpc) is 3.28. The van der Waals surface area contributed by atoms with Crippen LogP contribution >= 0.6 is 11.8 Å². The summed E-state index contributed by atoms with van der Waals surface area (Å²) in [5.41, 5.74) is 4.05. The SMILES string of the molecule is CC(=O)NS(=O)(=O)c1ccc(NC(=O)C(C)Sc2nc(-c3ccccc3)c(-c3ccccc3)[nH]2)cc1. The number of nitrogens with one attached hydrogen (secondary N) is 3. The number of H-pyrrole nitrogens is 1. The average molecular weight is 521 g/mol. The molecule has 0 fully saturated rings. The van der Waals surface area contributed by atoms with E-state index in [1.165, 1.54) is 36.0 Å². The number of hydrogen-bond donors (Lipinski definition) is 3. The van der Waals surface area contributed by atoms with Gasteiger partial charge in [-0.05, 0) is 31.2 Å². The fraction of sp³-hybridized carbons (Fsp3) is 0.115. The smallest absolute Gasteiger partial charge is 0.264 e. The van der Waals surface area contributed by atoms with Gasteiger partial charge in [-0.1, -0.05) is 72.4 Å². The molecule has 184 valence electrons. The highest BCUT2D eigenvalue weighted by atomic mass is 32.2. The van der Waals surface area contributed by atoms with Gasteiger partial charge in [0.15, 0.2) is 5.16 Å². The lowest BCUT2D eigenvalue weighted by molar-refractivity contribution is -0.117. The van der Waals surface area contributed by atoms with Gasteiger partial charge < -0.3 is 10.3 Å². The Kier molecular flexibility index (Phi) is 7.56. The van der Waals surface area contributed by atoms with E-state index in [2.05, 4.69) is 10.3 Å². The molecule has 1 atom stereocenters. The van der Waals surface area contributed by atoms with Gasteiger partial charge in [-0.2, -0.15) is 0 Å². The standard InChI is InChI=1S/C26H24N4O4S2/c1-17(25(32)27-21-13-15-22(16-14-21)36(33,34)30-18(2)31)35-26-28-23(19-9-5-3-6-10-19)24(29-26)20-11-7-4-8-12-20/h3-17H,1-2H3,(H,27,32)(H,28,29)(H,30,31). The number of carbonyl (C=O) groups excluding carboxylic acids is 2. The number of nitrogens with zero attached hydrogens (tertiary/aromatic N) is 1. The van der Waals surface area contributed by atoms with Crippen molar-refractivity contribution in [1.82, 2.24) is 14.7 Å². The number of thioether (sulfide) groups is 1. The fourth-order valence-corrected chi connectivity index (χ4v) is 5.25. The van der Waals surface area contributed by atoms with Crippen molar-refractivity contribution in [3.63, 3.8) is 0 Å². The predicted octanol–water partition coefficient (Wildman–Crippen LogP) is 4.69. The van der Waals surface area contributed by atoms with E-state index in [1.807, 2.05) is 65.4 Å². The van der Waals surface area contributed by atoms with Gasteiger partial charge in [-0.3, -0.25) is 9.59 Å². The highest BCUT2D eigenvalue weighted by Gasteiger charge is 2.21. The van der Waals surface area contributed by atoms with Crippen LogP contribution in [0.25, 0.3) is 22.5 Å². The normalized spacial score (nSPS) is 12.1. The summed E-state index contributed by atoms with van der Waals surface area (Å²) < 4.78 is 26.1. The minimum atomic E-state index is -3.94. The van der Waals surface area contributed by atoms with Gasteiger partial charge in [0.05, 0.1) is 21.5 Å². The van der Waals surface area contributed by atoms with Crippen LogP contribution in [0.4, 0.5) is 5.69 Å². The first kappa shape index (κ1) is 25.2. The number of rotatable bonds is 8. The van der Waals surface area contributed by atoms with Crippen LogP contribution in [-0.4, -0.2) is 35.5 Å². The Bertz CT molecular complexity index is 1410. The number of sulfonamides is 1. The largest absolute Gasteiger partial charge is 0.332 e. The lowest BCUT2D eigenvalue weighted by Crippen LogP contribution is -2.28. The van der Waals surface area contributed by atoms with Crippen LogP contribution in [0, 0.1) is 0 Å². The molecular weight excluding hydrogens is 496 g/mol. The zero-order valence-electron chi connectivity index (χ0n) is 19.6. The molecule has 4 aromatic rings. The number of amides is 2. The molecule has 0 bridgehead atoms. The third kappa shape index (κ3) is 6.02. The maximum absolute atomic E-state index is 12.8. The Balaban J connectivity index is 1.49. The lowest BCUT2D eigenvalue weighted by atomic mass is 10.1. The summed E-state index contributed by atoms with van der Waals surface area (Å²) in [7, 11) is -3.94. The minimum absolute atomic E-state index is 0.0735. The topological polar surface area (TPSA) is 121 Å². The molecule has 1 unspecified atom stereocenters. The van der Waals surface area contributed by atoms with Crippen LogP contribution in [0.15, 0.2) is 95.0 Å². The Hall–Kier alpha value is -3.89. The first-order chi connectivity index (χ1) is 17.2. The van der Waals surface area contributed by atoms with Gasteiger partial charge in [0, 0.05) is 23.7 Å². The van der Waals surface area contributed by atoms with E-state index in [4.69, 9.17) is 4.98 Å². The maximum Gasteiger partial charge on any atom is 0.264 e. The number of carbonyl (C=O) groups is 2. The molecule has 10 heteroatoms. The van der Waals surface area contributed by atoms with Crippen molar-refractivity contribution < 1.29 is 18.0 Å². The summed E-state index contributed by atoms with van der Waals surface area (Å²) in [5.74, 6) is -0.946. The zero-order valence-corrected chi connectivity index (χ0v) is 21.2. The second-order valence-electron chi connectivity index (χ2n) is 7.93. The Morgan fingerprint density at radius 2 is 1.47 bits per heavy atom. The quantitative estimate of drug-likeness (QED) is 0.290. The van der Waals surface area contributed by atoms with Gasteiger partial charge in [0.25, 0.3) is 10.0 Å². The molecule has 0 radical (unpaired) electrons. The van der Waals surface area contributed by atoms with Crippen molar-refractivity contribution in [1.29, 1.82) is 0 Å². The Labute approximate surface area is 213 Å². The van der Waals surface area contributed by atoms with Crippen molar-refractivity contribution in [2.45, 2.75) is 29.1 Å². The van der Waals surface area contributed by atoms with E-state index < -0.39 is 21.2 Å². The summed E-state index contributed by atoms with van der Waals surface area (Å²) >= 11 is 1.29. The van der Waals surface area contributed by atoms with E-state index >= 15 is 0 Å². The molecular formula is C26H24N4O4S2. The number of imidazole rings is 1. The van der Waals surface area contributed by atoms with Crippen molar-refractivity contribution in [2.75, 3.05) is 5.32 Å². The van der Waals surface area contributed by atoms with E-state index in [-0.39, 0.29) is 10.8 Å². The molecule has 0 aliphatic heterocycles. The number of anilines is 1. The summed E-state index contributed by atoms with van der Waals surface area (Å²) in [5, 5.41) is 2.89. The van der Waals surface area contributed by atoms with E-state index in [9.17, 15) is 18.0 Å². The van der Waals surface area contributed by atoms with E-state index in [0.29, 0.717) is 10.8 Å². The Morgan fingerprint density at radius 3 is 2.06 bits per heavy atom. The molecule has 0 saturated carbocycles. The molecule has 0 aliphatic carbocycles. The third-order valence-electron chi connectivity index (χ3n) is 5.16. The molecule has 0 saturated heterocycles. The van der Waals surface area contributed by atoms with Crippen LogP contribution in [-0.2, 0) is 19.6 Å². The van der Waals surface area contributed by atoms with Crippen molar-refractivity contribution in [3.05, 3.63) is 84.9 Å². The molecule has 3 N–H and O–H groups in total. The summed E-state index contributed by atoms with van der Waals surface area (Å²) in [6, 6.07) is 25.3. The summed E-state index contributed by atoms with van der Waals surface area (Å²) in [6.07, 6.45) is 0. The lowest BCUT2D eigenvalue weighted by Gasteiger charge is -2.11. The third-order valence-corrected chi connectivity index (χ3v) is 7.59. The Morgan fingerprint density at radius 1 is 0.889 bits per heavy atom. The molecule has 4 rings (SSSR count). The molecule has 3 aromatic carbocycles. The van der Waals surface area contributed by atoms with Crippen molar-refractivity contribution in [2.24, 2.45) is 0 Å². The van der Waals surface area contributed by atoms with Gasteiger partial charge in [0.1, 0.15) is 0 Å². The molecule has 36 heavy (non-hydrogen) atoms. The van der Waals surface area contributed by atoms with E-state index in [0.717, 1.165) is 29.4 Å². The predicted molar refractivity (Wildman–Crippen MR) is 141 cm³/mol. The fourth-order valence-electron chi connectivity index (χ4n) is 3.46. The van der Waals surface area contributed by atoms with E-state index in [1.54, 1.807) is 6.92 Å². The van der Waals surface area contributed by atoms with Crippen LogP contribution in [0.2, 0.25) is 0 Å². The van der Waals surface area contributed by atoms with Gasteiger partial charge in [-0.15, -0.1) is 0 Å². The summed E-state index contributed by atoms with van der Waals surface area (Å²) in [6.45, 7) is 2.89. The van der Waals surface area contributed by atoms with Gasteiger partial charge >= 0.3 is 0 Å². The van der Waals surface area contributed by atoms with Crippen LogP contribution in [0.5, 0.6) is 0 Å². The minimum Gasteiger partial charge on any atom is -0.332 e. The molecule has 1 heterocycles.